The molecule has 4 aromatic rings. The first-order valence-corrected chi connectivity index (χ1v) is 17.1. The average molecular weight is 603 g/mol. The van der Waals surface area contributed by atoms with Gasteiger partial charge in [0.25, 0.3) is 17.2 Å². The molecule has 2 aliphatic rings. The van der Waals surface area contributed by atoms with E-state index in [2.05, 4.69) is 5.10 Å². The maximum absolute atomic E-state index is 15.7. The van der Waals surface area contributed by atoms with Gasteiger partial charge >= 0.3 is 0 Å². The Hall–Kier alpha value is -4.26. The number of aromatic nitrogens is 2. The molecule has 1 saturated heterocycles. The summed E-state index contributed by atoms with van der Waals surface area (Å²) < 4.78 is 23.5. The molecule has 4 atom stereocenters. The quantitative estimate of drug-likeness (QED) is 0.137. The van der Waals surface area contributed by atoms with Crippen LogP contribution in [-0.4, -0.2) is 46.8 Å². The summed E-state index contributed by atoms with van der Waals surface area (Å²) >= 11 is 0. The van der Waals surface area contributed by atoms with Crippen molar-refractivity contribution in [2.75, 3.05) is 11.5 Å². The second-order valence-corrected chi connectivity index (χ2v) is 15.5. The number of halogens is 1. The predicted molar refractivity (Wildman–Crippen MR) is 161 cm³/mol. The number of amides is 1. The molecule has 1 aromatic heterocycles. The second kappa shape index (κ2) is 10.5. The average Bonchev–Trinajstić information content (AvgIpc) is 3.40. The molecule has 0 unspecified atom stereocenters. The number of hydrogen-bond donors (Lipinski definition) is 1. The molecule has 0 bridgehead atoms. The van der Waals surface area contributed by atoms with Gasteiger partial charge in [0, 0.05) is 41.1 Å². The monoisotopic (exact) mass is 602 g/mol. The smallest absolute Gasteiger partial charge is 0.279 e. The summed E-state index contributed by atoms with van der Waals surface area (Å²) in [7, 11) is -3.40. The highest BCUT2D eigenvalue weighted by molar-refractivity contribution is 6.72. The molecular formula is C31H31FN4O6Si. The highest BCUT2D eigenvalue weighted by Crippen LogP contribution is 2.60. The van der Waals surface area contributed by atoms with Crippen LogP contribution in [0.15, 0.2) is 77.7 Å². The lowest BCUT2D eigenvalue weighted by Gasteiger charge is -2.31. The molecule has 43 heavy (non-hydrogen) atoms. The molecule has 0 radical (unpaired) electrons. The maximum atomic E-state index is 15.7. The number of hydrogen-bond acceptors (Lipinski definition) is 7. The lowest BCUT2D eigenvalue weighted by Crippen LogP contribution is -2.45. The fourth-order valence-corrected chi connectivity index (χ4v) is 9.45. The molecule has 0 aliphatic carbocycles. The molecule has 12 heteroatoms. The van der Waals surface area contributed by atoms with Crippen molar-refractivity contribution < 1.29 is 23.7 Å². The number of aliphatic hydroxyl groups excluding tert-OH is 1. The van der Waals surface area contributed by atoms with E-state index in [1.54, 1.807) is 62.6 Å². The van der Waals surface area contributed by atoms with Crippen molar-refractivity contribution in [3.05, 3.63) is 105 Å². The van der Waals surface area contributed by atoms with Gasteiger partial charge in [-0.3, -0.25) is 19.7 Å². The van der Waals surface area contributed by atoms with Crippen LogP contribution in [0.2, 0.25) is 18.6 Å². The molecule has 10 nitrogen and oxygen atoms in total. The number of carbonyl (C=O) groups is 1. The largest absolute Gasteiger partial charge is 0.396 e. The summed E-state index contributed by atoms with van der Waals surface area (Å²) in [5.74, 6) is -1.04. The van der Waals surface area contributed by atoms with E-state index in [-0.39, 0.29) is 30.8 Å². The summed E-state index contributed by atoms with van der Waals surface area (Å²) in [6, 6.07) is 18.5. The third-order valence-corrected chi connectivity index (χ3v) is 11.2. The molecule has 1 amide bonds. The Morgan fingerprint density at radius 2 is 1.84 bits per heavy atom. The van der Waals surface area contributed by atoms with Gasteiger partial charge in [-0.1, -0.05) is 37.3 Å². The first-order valence-electron chi connectivity index (χ1n) is 14.1. The number of non-ortho nitro benzene ring substituents is 1. The number of ether oxygens (including phenoxy) is 1. The normalized spacial score (nSPS) is 23.3. The molecule has 3 aromatic carbocycles. The summed E-state index contributed by atoms with van der Waals surface area (Å²) in [6.45, 7) is 4.76. The minimum absolute atomic E-state index is 0.119. The van der Waals surface area contributed by atoms with E-state index >= 15 is 4.11 Å². The van der Waals surface area contributed by atoms with Crippen molar-refractivity contribution >= 4 is 36.5 Å². The van der Waals surface area contributed by atoms with Gasteiger partial charge in [-0.15, -0.1) is 0 Å². The molecule has 0 saturated carbocycles. The van der Waals surface area contributed by atoms with Crippen LogP contribution in [0, 0.1) is 16.0 Å². The van der Waals surface area contributed by atoms with Crippen molar-refractivity contribution in [1.29, 1.82) is 0 Å². The predicted octanol–water partition coefficient (Wildman–Crippen LogP) is 5.00. The molecule has 1 spiro atoms. The number of anilines is 1. The zero-order valence-electron chi connectivity index (χ0n) is 23.9. The van der Waals surface area contributed by atoms with Crippen LogP contribution in [0.5, 0.6) is 0 Å². The maximum Gasteiger partial charge on any atom is 0.279 e. The van der Waals surface area contributed by atoms with E-state index in [0.29, 0.717) is 22.3 Å². The number of nitrogens with zero attached hydrogens (tertiary/aromatic N) is 4. The molecule has 3 heterocycles. The Bertz CT molecular complexity index is 1810. The molecular weight excluding hydrogens is 571 g/mol. The Balaban J connectivity index is 1.38. The molecule has 2 aliphatic heterocycles. The van der Waals surface area contributed by atoms with Gasteiger partial charge in [0.2, 0.25) is 8.41 Å². The van der Waals surface area contributed by atoms with Crippen LogP contribution >= 0.6 is 0 Å². The van der Waals surface area contributed by atoms with Gasteiger partial charge in [0.15, 0.2) is 5.60 Å². The van der Waals surface area contributed by atoms with Crippen molar-refractivity contribution in [2.24, 2.45) is 5.92 Å². The fraction of sp³-hybridized carbons (Fsp3) is 0.323. The minimum Gasteiger partial charge on any atom is -0.396 e. The zero-order valence-corrected chi connectivity index (χ0v) is 24.9. The van der Waals surface area contributed by atoms with Crippen LogP contribution in [0.1, 0.15) is 24.5 Å². The van der Waals surface area contributed by atoms with Gasteiger partial charge < -0.3 is 18.9 Å². The Morgan fingerprint density at radius 1 is 1.12 bits per heavy atom. The Labute approximate surface area is 247 Å². The van der Waals surface area contributed by atoms with Crippen molar-refractivity contribution in [2.45, 2.75) is 50.2 Å². The van der Waals surface area contributed by atoms with Gasteiger partial charge in [0.1, 0.15) is 0 Å². The Kier molecular flexibility index (Phi) is 7.02. The van der Waals surface area contributed by atoms with Crippen LogP contribution in [-0.2, 0) is 21.7 Å². The number of nitro groups is 1. The van der Waals surface area contributed by atoms with Gasteiger partial charge in [-0.2, -0.15) is 9.78 Å². The lowest BCUT2D eigenvalue weighted by atomic mass is 9.82. The van der Waals surface area contributed by atoms with E-state index in [4.69, 9.17) is 4.74 Å². The fourth-order valence-electron chi connectivity index (χ4n) is 6.90. The van der Waals surface area contributed by atoms with Crippen LogP contribution < -0.4 is 10.5 Å². The van der Waals surface area contributed by atoms with Gasteiger partial charge in [-0.05, 0) is 49.3 Å². The lowest BCUT2D eigenvalue weighted by molar-refractivity contribution is -0.385. The molecule has 6 rings (SSSR count). The number of benzene rings is 3. The van der Waals surface area contributed by atoms with Gasteiger partial charge in [-0.25, -0.2) is 0 Å². The first-order chi connectivity index (χ1) is 20.5. The second-order valence-electron chi connectivity index (χ2n) is 11.7. The zero-order chi connectivity index (χ0) is 30.7. The summed E-state index contributed by atoms with van der Waals surface area (Å²) in [5, 5.41) is 27.0. The van der Waals surface area contributed by atoms with Crippen LogP contribution in [0.4, 0.5) is 15.5 Å². The minimum atomic E-state index is -3.40. The number of nitro benzene ring substituents is 1. The summed E-state index contributed by atoms with van der Waals surface area (Å²) in [4.78, 5) is 40.1. The highest BCUT2D eigenvalue weighted by Gasteiger charge is 2.66. The highest BCUT2D eigenvalue weighted by atomic mass is 28.4. The van der Waals surface area contributed by atoms with E-state index in [0.717, 1.165) is 10.9 Å². The number of fused-ring (bicyclic) bond motifs is 3. The molecule has 1 fully saturated rings. The van der Waals surface area contributed by atoms with Crippen molar-refractivity contribution in [3.8, 4) is 5.69 Å². The summed E-state index contributed by atoms with van der Waals surface area (Å²) in [5.41, 5.74) is -0.588. The SMILES string of the molecule is C[C@@H]1[C@@H]([Si](C)(C)F)[C@H](CCO)O[C@@]12C(=O)N(Cc1ccc(-n3ncc4ccccc4c3=O)cc1)c1ccc([N+](=O)[O-])cc12. The topological polar surface area (TPSA) is 128 Å². The van der Waals surface area contributed by atoms with E-state index < -0.39 is 42.4 Å². The van der Waals surface area contributed by atoms with Gasteiger partial charge in [0.05, 0.1) is 40.5 Å². The van der Waals surface area contributed by atoms with Crippen molar-refractivity contribution in [1.82, 2.24) is 9.78 Å². The van der Waals surface area contributed by atoms with Crippen LogP contribution in [0.3, 0.4) is 0 Å². The third kappa shape index (κ3) is 4.57. The standard InChI is InChI=1S/C31H31FN4O6Si/c1-19-28(43(2,3)32)27(14-15-37)42-31(19)25-16-23(36(40)41)12-13-26(25)34(30(31)39)18-20-8-10-22(11-9-20)35-29(38)24-7-5-4-6-21(24)17-33-35/h4-13,16-17,19,27-28,37H,14-15,18H2,1-3H3/t19-,27+,28-,31+/m1/s1. The van der Waals surface area contributed by atoms with E-state index in [9.17, 15) is 24.8 Å². The van der Waals surface area contributed by atoms with Crippen LogP contribution in [0.25, 0.3) is 16.5 Å². The molecule has 1 N–H and O–H groups in total. The first kappa shape index (κ1) is 28.8. The summed E-state index contributed by atoms with van der Waals surface area (Å²) in [6.07, 6.45) is 1.07. The van der Waals surface area contributed by atoms with Crippen molar-refractivity contribution in [3.63, 3.8) is 0 Å². The van der Waals surface area contributed by atoms with E-state index in [1.807, 2.05) is 12.1 Å². The number of aliphatic hydroxyl groups is 1. The van der Waals surface area contributed by atoms with E-state index in [1.165, 1.54) is 27.8 Å². The number of rotatable bonds is 7. The number of carbonyl (C=O) groups excluding carboxylic acids is 1. The molecule has 222 valence electrons. The Morgan fingerprint density at radius 3 is 2.51 bits per heavy atom. The third-order valence-electron chi connectivity index (χ3n) is 8.79.